The van der Waals surface area contributed by atoms with Crippen LogP contribution in [0.25, 0.3) is 0 Å². The van der Waals surface area contributed by atoms with E-state index in [9.17, 15) is 4.39 Å². The second-order valence-corrected chi connectivity index (χ2v) is 2.71. The molecule has 1 N–H and O–H groups in total. The Bertz CT molecular complexity index is 211. The average Bonchev–Trinajstić information content (AvgIpc) is 2.04. The van der Waals surface area contributed by atoms with Crippen molar-refractivity contribution in [3.05, 3.63) is 35.3 Å². The highest BCUT2D eigenvalue weighted by Crippen LogP contribution is 2.21. The van der Waals surface area contributed by atoms with Gasteiger partial charge in [0.1, 0.15) is 6.61 Å². The Balaban J connectivity index is 4.43. The molecule has 0 saturated carbocycles. The number of aliphatic hydroxyl groups is 1. The fourth-order valence-corrected chi connectivity index (χ4v) is 0.847. The quantitative estimate of drug-likeness (QED) is 0.587. The Labute approximate surface area is 79.2 Å². The maximum atomic E-state index is 12.6. The van der Waals surface area contributed by atoms with Gasteiger partial charge in [0.15, 0.2) is 11.6 Å². The van der Waals surface area contributed by atoms with E-state index in [4.69, 9.17) is 9.84 Å². The molecule has 2 nitrogen and oxygen atoms in total. The minimum Gasteiger partial charge on any atom is -0.487 e. The summed E-state index contributed by atoms with van der Waals surface area (Å²) in [4.78, 5) is 0. The molecule has 0 bridgehead atoms. The first kappa shape index (κ1) is 11.4. The van der Waals surface area contributed by atoms with E-state index in [2.05, 4.69) is 29.1 Å². The highest BCUT2D eigenvalue weighted by molar-refractivity contribution is 9.11. The third-order valence-corrected chi connectivity index (χ3v) is 1.66. The van der Waals surface area contributed by atoms with Crippen LogP contribution >= 0.6 is 15.9 Å². The number of rotatable bonds is 5. The minimum absolute atomic E-state index is 0.0287. The fourth-order valence-electron chi connectivity index (χ4n) is 0.517. The van der Waals surface area contributed by atoms with Crippen molar-refractivity contribution in [2.75, 3.05) is 13.2 Å². The summed E-state index contributed by atoms with van der Waals surface area (Å²) in [6.45, 7) is 6.34. The second kappa shape index (κ2) is 5.97. The van der Waals surface area contributed by atoms with Gasteiger partial charge in [-0.05, 0) is 15.9 Å². The highest BCUT2D eigenvalue weighted by Gasteiger charge is 2.06. The summed E-state index contributed by atoms with van der Waals surface area (Å²) in [5.74, 6) is -0.728. The van der Waals surface area contributed by atoms with Gasteiger partial charge in [0.05, 0.1) is 11.1 Å². The maximum Gasteiger partial charge on any atom is 0.168 e. The minimum atomic E-state index is -0.699. The second-order valence-electron chi connectivity index (χ2n) is 1.86. The van der Waals surface area contributed by atoms with E-state index in [1.165, 1.54) is 6.08 Å². The van der Waals surface area contributed by atoms with Crippen LogP contribution in [0.4, 0.5) is 4.39 Å². The predicted octanol–water partition coefficient (Wildman–Crippen LogP) is 2.27. The van der Waals surface area contributed by atoms with Gasteiger partial charge in [-0.3, -0.25) is 0 Å². The number of aliphatic hydroxyl groups excluding tert-OH is 1. The van der Waals surface area contributed by atoms with Crippen LogP contribution in [-0.4, -0.2) is 18.3 Å². The summed E-state index contributed by atoms with van der Waals surface area (Å²) in [6, 6.07) is 0. The molecule has 0 atom stereocenters. The zero-order chi connectivity index (χ0) is 9.56. The molecular weight excluding hydrogens is 227 g/mol. The van der Waals surface area contributed by atoms with Crippen molar-refractivity contribution in [3.63, 3.8) is 0 Å². The van der Waals surface area contributed by atoms with E-state index in [1.807, 2.05) is 0 Å². The van der Waals surface area contributed by atoms with Crippen LogP contribution in [0.3, 0.4) is 0 Å². The van der Waals surface area contributed by atoms with Crippen molar-refractivity contribution < 1.29 is 14.2 Å². The van der Waals surface area contributed by atoms with Crippen LogP contribution in [0.5, 0.6) is 0 Å². The van der Waals surface area contributed by atoms with Gasteiger partial charge in [-0.15, -0.1) is 0 Å². The van der Waals surface area contributed by atoms with Crippen molar-refractivity contribution in [1.82, 2.24) is 0 Å². The first-order valence-corrected chi connectivity index (χ1v) is 4.03. The molecule has 0 aromatic carbocycles. The SMILES string of the molecule is C=C/C(Br)=C(/OCCO)C(=C)F. The van der Waals surface area contributed by atoms with Crippen molar-refractivity contribution in [3.8, 4) is 0 Å². The molecule has 0 aliphatic rings. The Morgan fingerprint density at radius 1 is 1.67 bits per heavy atom. The van der Waals surface area contributed by atoms with Gasteiger partial charge in [-0.1, -0.05) is 19.2 Å². The zero-order valence-electron chi connectivity index (χ0n) is 6.52. The molecule has 0 heterocycles. The third-order valence-electron chi connectivity index (χ3n) is 0.980. The zero-order valence-corrected chi connectivity index (χ0v) is 8.10. The molecule has 4 heteroatoms. The van der Waals surface area contributed by atoms with Crippen LogP contribution in [0.1, 0.15) is 0 Å². The van der Waals surface area contributed by atoms with Crippen LogP contribution in [0.2, 0.25) is 0 Å². The van der Waals surface area contributed by atoms with E-state index >= 15 is 0 Å². The van der Waals surface area contributed by atoms with Gasteiger partial charge in [0.2, 0.25) is 0 Å². The summed E-state index contributed by atoms with van der Waals surface area (Å²) < 4.78 is 17.8. The smallest absolute Gasteiger partial charge is 0.168 e. The van der Waals surface area contributed by atoms with Gasteiger partial charge in [-0.2, -0.15) is 0 Å². The molecular formula is C8H10BrFO2. The Hall–Kier alpha value is -0.610. The molecule has 12 heavy (non-hydrogen) atoms. The molecule has 0 fully saturated rings. The lowest BCUT2D eigenvalue weighted by atomic mass is 10.4. The van der Waals surface area contributed by atoms with Gasteiger partial charge in [0, 0.05) is 0 Å². The lowest BCUT2D eigenvalue weighted by molar-refractivity contribution is 0.144. The number of halogens is 2. The first-order chi connectivity index (χ1) is 5.63. The van der Waals surface area contributed by atoms with E-state index in [1.54, 1.807) is 0 Å². The van der Waals surface area contributed by atoms with Crippen molar-refractivity contribution >= 4 is 15.9 Å². The van der Waals surface area contributed by atoms with Crippen molar-refractivity contribution in [2.24, 2.45) is 0 Å². The van der Waals surface area contributed by atoms with E-state index in [0.717, 1.165) is 0 Å². The summed E-state index contributed by atoms with van der Waals surface area (Å²) in [5, 5.41) is 8.41. The highest BCUT2D eigenvalue weighted by atomic mass is 79.9. The lowest BCUT2D eigenvalue weighted by Crippen LogP contribution is -2.00. The molecule has 0 aliphatic heterocycles. The summed E-state index contributed by atoms with van der Waals surface area (Å²) in [6.07, 6.45) is 1.39. The predicted molar refractivity (Wildman–Crippen MR) is 49.4 cm³/mol. The number of ether oxygens (including phenoxy) is 1. The van der Waals surface area contributed by atoms with Gasteiger partial charge in [0.25, 0.3) is 0 Å². The van der Waals surface area contributed by atoms with Crippen molar-refractivity contribution in [2.45, 2.75) is 0 Å². The Morgan fingerprint density at radius 2 is 2.25 bits per heavy atom. The lowest BCUT2D eigenvalue weighted by Gasteiger charge is -2.07. The van der Waals surface area contributed by atoms with E-state index < -0.39 is 5.83 Å². The molecule has 0 radical (unpaired) electrons. The van der Waals surface area contributed by atoms with Crippen LogP contribution in [0, 0.1) is 0 Å². The Kier molecular flexibility index (Phi) is 5.66. The molecule has 0 spiro atoms. The standard InChI is InChI=1S/C8H10BrFO2/c1-3-7(9)8(6(2)10)12-5-4-11/h3,11H,1-2,4-5H2/b8-7-. The molecule has 68 valence electrons. The average molecular weight is 237 g/mol. The molecule has 0 aliphatic carbocycles. The largest absolute Gasteiger partial charge is 0.487 e. The third kappa shape index (κ3) is 3.69. The maximum absolute atomic E-state index is 12.6. The number of allylic oxidation sites excluding steroid dienone is 3. The van der Waals surface area contributed by atoms with E-state index in [-0.39, 0.29) is 19.0 Å². The monoisotopic (exact) mass is 236 g/mol. The van der Waals surface area contributed by atoms with Crippen LogP contribution < -0.4 is 0 Å². The fraction of sp³-hybridized carbons (Fsp3) is 0.250. The normalized spacial score (nSPS) is 11.9. The topological polar surface area (TPSA) is 29.5 Å². The molecule has 0 saturated heterocycles. The molecule has 0 amide bonds. The number of hydrogen-bond acceptors (Lipinski definition) is 2. The number of hydrogen-bond donors (Lipinski definition) is 1. The van der Waals surface area contributed by atoms with Crippen LogP contribution in [0.15, 0.2) is 35.3 Å². The summed E-state index contributed by atoms with van der Waals surface area (Å²) in [5.41, 5.74) is 0. The molecule has 0 rings (SSSR count). The van der Waals surface area contributed by atoms with Crippen molar-refractivity contribution in [1.29, 1.82) is 0 Å². The summed E-state index contributed by atoms with van der Waals surface area (Å²) in [7, 11) is 0. The van der Waals surface area contributed by atoms with Gasteiger partial charge in [-0.25, -0.2) is 4.39 Å². The molecule has 0 unspecified atom stereocenters. The summed E-state index contributed by atoms with van der Waals surface area (Å²) >= 11 is 3.03. The first-order valence-electron chi connectivity index (χ1n) is 3.24. The van der Waals surface area contributed by atoms with Gasteiger partial charge >= 0.3 is 0 Å². The van der Waals surface area contributed by atoms with Crippen LogP contribution in [-0.2, 0) is 4.74 Å². The molecule has 0 aromatic rings. The van der Waals surface area contributed by atoms with E-state index in [0.29, 0.717) is 4.48 Å². The Morgan fingerprint density at radius 3 is 2.58 bits per heavy atom. The molecule has 0 aromatic heterocycles. The van der Waals surface area contributed by atoms with Gasteiger partial charge < -0.3 is 9.84 Å².